The number of nitrogens with one attached hydrogen (secondary N) is 1. The highest BCUT2D eigenvalue weighted by atomic mass is 35.5. The molecule has 1 amide bonds. The molecule has 20 heavy (non-hydrogen) atoms. The summed E-state index contributed by atoms with van der Waals surface area (Å²) in [4.78, 5) is 12.1. The zero-order valence-electron chi connectivity index (χ0n) is 10.7. The quantitative estimate of drug-likeness (QED) is 0.907. The van der Waals surface area contributed by atoms with Gasteiger partial charge in [-0.25, -0.2) is 4.39 Å². The molecule has 0 aromatic heterocycles. The van der Waals surface area contributed by atoms with Crippen molar-refractivity contribution in [3.8, 4) is 5.75 Å². The average molecular weight is 294 g/mol. The van der Waals surface area contributed by atoms with Crippen molar-refractivity contribution < 1.29 is 14.3 Å². The first-order valence-corrected chi connectivity index (χ1v) is 6.40. The van der Waals surface area contributed by atoms with Gasteiger partial charge in [0.25, 0.3) is 5.91 Å². The number of halogens is 2. The number of amides is 1. The third-order valence-corrected chi connectivity index (χ3v) is 3.13. The Morgan fingerprint density at radius 2 is 2.05 bits per heavy atom. The summed E-state index contributed by atoms with van der Waals surface area (Å²) in [6.07, 6.45) is 0. The minimum absolute atomic E-state index is 0.0840. The lowest BCUT2D eigenvalue weighted by Crippen LogP contribution is -2.26. The lowest BCUT2D eigenvalue weighted by molar-refractivity contribution is 0.0937. The highest BCUT2D eigenvalue weighted by Gasteiger charge is 2.15. The molecule has 0 aliphatic rings. The van der Waals surface area contributed by atoms with E-state index in [2.05, 4.69) is 5.32 Å². The van der Waals surface area contributed by atoms with E-state index in [1.54, 1.807) is 19.1 Å². The molecule has 0 spiro atoms. The van der Waals surface area contributed by atoms with Crippen LogP contribution in [0, 0.1) is 5.82 Å². The average Bonchev–Trinajstić information content (AvgIpc) is 2.41. The maximum Gasteiger partial charge on any atom is 0.255 e. The van der Waals surface area contributed by atoms with E-state index in [4.69, 9.17) is 11.6 Å². The second-order valence-electron chi connectivity index (χ2n) is 4.41. The van der Waals surface area contributed by atoms with Crippen molar-refractivity contribution in [3.63, 3.8) is 0 Å². The number of hydrogen-bond donors (Lipinski definition) is 2. The number of aromatic hydroxyl groups is 1. The van der Waals surface area contributed by atoms with Crippen molar-refractivity contribution in [3.05, 3.63) is 64.4 Å². The van der Waals surface area contributed by atoms with E-state index >= 15 is 0 Å². The van der Waals surface area contributed by atoms with Crippen LogP contribution < -0.4 is 5.32 Å². The van der Waals surface area contributed by atoms with Crippen molar-refractivity contribution in [1.82, 2.24) is 5.32 Å². The molecule has 0 aliphatic heterocycles. The van der Waals surface area contributed by atoms with E-state index in [-0.39, 0.29) is 17.1 Å². The minimum Gasteiger partial charge on any atom is -0.507 e. The summed E-state index contributed by atoms with van der Waals surface area (Å²) >= 11 is 5.79. The van der Waals surface area contributed by atoms with Crippen LogP contribution in [0.5, 0.6) is 5.75 Å². The molecular weight excluding hydrogens is 281 g/mol. The summed E-state index contributed by atoms with van der Waals surface area (Å²) in [7, 11) is 0. The molecule has 0 fully saturated rings. The van der Waals surface area contributed by atoms with E-state index in [9.17, 15) is 14.3 Å². The minimum atomic E-state index is -0.471. The predicted molar refractivity (Wildman–Crippen MR) is 75.4 cm³/mol. The number of phenols is 1. The summed E-state index contributed by atoms with van der Waals surface area (Å²) < 4.78 is 13.1. The van der Waals surface area contributed by atoms with Crippen LogP contribution in [0.2, 0.25) is 5.02 Å². The normalized spacial score (nSPS) is 11.9. The van der Waals surface area contributed by atoms with Crippen molar-refractivity contribution in [2.45, 2.75) is 13.0 Å². The van der Waals surface area contributed by atoms with E-state index in [1.165, 1.54) is 30.3 Å². The smallest absolute Gasteiger partial charge is 0.255 e. The highest BCUT2D eigenvalue weighted by Crippen LogP contribution is 2.22. The summed E-state index contributed by atoms with van der Waals surface area (Å²) in [5.74, 6) is -0.991. The number of benzene rings is 2. The van der Waals surface area contributed by atoms with Gasteiger partial charge in [0.05, 0.1) is 11.6 Å². The van der Waals surface area contributed by atoms with E-state index in [1.807, 2.05) is 0 Å². The van der Waals surface area contributed by atoms with Crippen molar-refractivity contribution in [2.75, 3.05) is 0 Å². The van der Waals surface area contributed by atoms with Crippen LogP contribution >= 0.6 is 11.6 Å². The zero-order chi connectivity index (χ0) is 14.7. The Labute approximate surface area is 121 Å². The first kappa shape index (κ1) is 14.3. The molecule has 0 heterocycles. The third kappa shape index (κ3) is 3.27. The van der Waals surface area contributed by atoms with Gasteiger partial charge < -0.3 is 10.4 Å². The zero-order valence-corrected chi connectivity index (χ0v) is 11.5. The van der Waals surface area contributed by atoms with Gasteiger partial charge in [-0.1, -0.05) is 23.7 Å². The van der Waals surface area contributed by atoms with Crippen LogP contribution in [0.15, 0.2) is 42.5 Å². The van der Waals surface area contributed by atoms with Crippen LogP contribution in [-0.4, -0.2) is 11.0 Å². The topological polar surface area (TPSA) is 49.3 Å². The maximum atomic E-state index is 13.1. The molecule has 0 saturated heterocycles. The summed E-state index contributed by atoms with van der Waals surface area (Å²) in [5, 5.41) is 12.7. The predicted octanol–water partition coefficient (Wildman–Crippen LogP) is 3.68. The molecule has 3 nitrogen and oxygen atoms in total. The summed E-state index contributed by atoms with van der Waals surface area (Å²) in [6.45, 7) is 1.73. The van der Waals surface area contributed by atoms with E-state index in [0.717, 1.165) is 0 Å². The second-order valence-corrected chi connectivity index (χ2v) is 4.85. The molecule has 2 rings (SSSR count). The van der Waals surface area contributed by atoms with Gasteiger partial charge in [-0.05, 0) is 42.8 Å². The molecule has 0 bridgehead atoms. The third-order valence-electron chi connectivity index (χ3n) is 2.90. The molecule has 1 atom stereocenters. The molecule has 0 saturated carbocycles. The Morgan fingerprint density at radius 3 is 2.75 bits per heavy atom. The Hall–Kier alpha value is -2.07. The van der Waals surface area contributed by atoms with Gasteiger partial charge in [-0.3, -0.25) is 4.79 Å². The van der Waals surface area contributed by atoms with Crippen LogP contribution in [0.1, 0.15) is 28.9 Å². The van der Waals surface area contributed by atoms with Gasteiger partial charge >= 0.3 is 0 Å². The van der Waals surface area contributed by atoms with Gasteiger partial charge in [0.2, 0.25) is 0 Å². The highest BCUT2D eigenvalue weighted by molar-refractivity contribution is 6.31. The Bertz CT molecular complexity index is 646. The molecule has 2 N–H and O–H groups in total. The second kappa shape index (κ2) is 5.92. The number of rotatable bonds is 3. The van der Waals surface area contributed by atoms with Crippen LogP contribution in [0.25, 0.3) is 0 Å². The molecule has 5 heteroatoms. The van der Waals surface area contributed by atoms with Crippen molar-refractivity contribution in [2.24, 2.45) is 0 Å². The van der Waals surface area contributed by atoms with Gasteiger partial charge in [0.1, 0.15) is 11.6 Å². The molecule has 1 unspecified atom stereocenters. The fourth-order valence-electron chi connectivity index (χ4n) is 1.82. The molecule has 2 aromatic carbocycles. The van der Waals surface area contributed by atoms with Gasteiger partial charge in [-0.15, -0.1) is 0 Å². The number of carbonyl (C=O) groups excluding carboxylic acids is 1. The van der Waals surface area contributed by atoms with Crippen molar-refractivity contribution in [1.29, 1.82) is 0 Å². The molecule has 0 radical (unpaired) electrons. The Kier molecular flexibility index (Phi) is 4.25. The lowest BCUT2D eigenvalue weighted by Gasteiger charge is -2.15. The largest absolute Gasteiger partial charge is 0.507 e. The van der Waals surface area contributed by atoms with Gasteiger partial charge in [0, 0.05) is 5.02 Å². The van der Waals surface area contributed by atoms with Gasteiger partial charge in [-0.2, -0.15) is 0 Å². The monoisotopic (exact) mass is 293 g/mol. The van der Waals surface area contributed by atoms with E-state index in [0.29, 0.717) is 10.6 Å². The fraction of sp³-hybridized carbons (Fsp3) is 0.133. The van der Waals surface area contributed by atoms with Gasteiger partial charge in [0.15, 0.2) is 0 Å². The summed E-state index contributed by atoms with van der Waals surface area (Å²) in [5.41, 5.74) is 0.723. The molecule has 0 aliphatic carbocycles. The Morgan fingerprint density at radius 1 is 1.30 bits per heavy atom. The van der Waals surface area contributed by atoms with E-state index < -0.39 is 11.9 Å². The Balaban J connectivity index is 2.17. The fourth-order valence-corrected chi connectivity index (χ4v) is 2.00. The number of phenolic OH excluding ortho intramolecular Hbond substituents is 1. The van der Waals surface area contributed by atoms with Crippen LogP contribution in [-0.2, 0) is 0 Å². The molecular formula is C15H13ClFNO2. The first-order chi connectivity index (χ1) is 9.47. The van der Waals surface area contributed by atoms with Crippen molar-refractivity contribution >= 4 is 17.5 Å². The SMILES string of the molecule is CC(NC(=O)c1cc(Cl)ccc1O)c1cccc(F)c1. The summed E-state index contributed by atoms with van der Waals surface area (Å²) in [6, 6.07) is 9.80. The maximum absolute atomic E-state index is 13.1. The van der Waals surface area contributed by atoms with Crippen LogP contribution in [0.3, 0.4) is 0 Å². The first-order valence-electron chi connectivity index (χ1n) is 6.02. The van der Waals surface area contributed by atoms with Crippen LogP contribution in [0.4, 0.5) is 4.39 Å². The molecule has 2 aromatic rings. The number of carbonyl (C=O) groups is 1. The standard InChI is InChI=1S/C15H13ClFNO2/c1-9(10-3-2-4-12(17)7-10)18-15(20)13-8-11(16)5-6-14(13)19/h2-9,19H,1H3,(H,18,20). The molecule has 104 valence electrons. The number of hydrogen-bond acceptors (Lipinski definition) is 2. The lowest BCUT2D eigenvalue weighted by atomic mass is 10.1.